The van der Waals surface area contributed by atoms with E-state index in [1.54, 1.807) is 0 Å². The maximum absolute atomic E-state index is 7.16. The van der Waals surface area contributed by atoms with E-state index in [1.165, 1.54) is 177 Å². The third-order valence-electron chi connectivity index (χ3n) is 25.9. The summed E-state index contributed by atoms with van der Waals surface area (Å²) in [6, 6.07) is 108. The van der Waals surface area contributed by atoms with Gasteiger partial charge in [-0.25, -0.2) is 0 Å². The summed E-state index contributed by atoms with van der Waals surface area (Å²) in [7, 11) is 0. The van der Waals surface area contributed by atoms with Gasteiger partial charge in [0.1, 0.15) is 44.7 Å². The molecular formula is C116H84O4. The summed E-state index contributed by atoms with van der Waals surface area (Å²) < 4.78 is 28.4. The minimum absolute atomic E-state index is 0.890. The number of rotatable bonds is 8. The zero-order valence-corrected chi connectivity index (χ0v) is 69.3. The molecule has 4 nitrogen and oxygen atoms in total. The average molecular weight is 1540 g/mol. The summed E-state index contributed by atoms with van der Waals surface area (Å²) in [5.41, 5.74) is 41.4. The van der Waals surface area contributed by atoms with Gasteiger partial charge in [0.15, 0.2) is 0 Å². The molecule has 0 bridgehead atoms. The highest BCUT2D eigenvalue weighted by atomic mass is 16.3. The Morgan fingerprint density at radius 3 is 0.700 bits per heavy atom. The zero-order chi connectivity index (χ0) is 81.1. The van der Waals surface area contributed by atoms with Crippen LogP contribution in [0.5, 0.6) is 0 Å². The molecule has 4 heterocycles. The van der Waals surface area contributed by atoms with Crippen LogP contribution in [0.3, 0.4) is 0 Å². The Kier molecular flexibility index (Phi) is 15.7. The van der Waals surface area contributed by atoms with E-state index < -0.39 is 0 Å². The van der Waals surface area contributed by atoms with E-state index in [0.717, 1.165) is 132 Å². The predicted molar refractivity (Wildman–Crippen MR) is 510 cm³/mol. The van der Waals surface area contributed by atoms with Crippen LogP contribution in [-0.4, -0.2) is 0 Å². The van der Waals surface area contributed by atoms with Crippen molar-refractivity contribution in [1.82, 2.24) is 0 Å². The maximum atomic E-state index is 7.16. The van der Waals surface area contributed by atoms with Crippen LogP contribution in [0, 0.1) is 83.1 Å². The van der Waals surface area contributed by atoms with Crippen LogP contribution in [0.1, 0.15) is 66.8 Å². The van der Waals surface area contributed by atoms with Gasteiger partial charge < -0.3 is 17.7 Å². The van der Waals surface area contributed by atoms with E-state index in [-0.39, 0.29) is 0 Å². The quantitative estimate of drug-likeness (QED) is 0.142. The number of hydrogen-bond donors (Lipinski definition) is 0. The van der Waals surface area contributed by atoms with Crippen LogP contribution in [-0.2, 0) is 0 Å². The molecule has 572 valence electrons. The van der Waals surface area contributed by atoms with Crippen molar-refractivity contribution < 1.29 is 17.7 Å². The Labute approximate surface area is 695 Å². The van der Waals surface area contributed by atoms with Crippen LogP contribution < -0.4 is 0 Å². The van der Waals surface area contributed by atoms with Crippen LogP contribution in [0.25, 0.3) is 241 Å². The standard InChI is InChI=1S/C60H46O2.C56H38O2/c1-31-11-9-13-39(23-31)41-15-17-43-49-27-47-46(56-37(7)21-34(4)22-38(56)8)30-52-58-48(28-50-44-18-16-42(26-54(44)62-60(50)52)40-14-10-12-32(2)24-40)45(55-35(5)19-33(3)20-36(55)6)29-51(57(47)58)59(49)61-53(43)25-41;1-31-19-32(2)22-39(21-31)43-27-49-54-46(30-48-42-18-16-38(26-52(42)57-55(48)49)36-13-9-6-10-14-36)44(40-23-33(3)20-34(4)24-40)28-50-53(54)45(43)29-47-41-17-15-37(25-51(41)58-56(47)50)35-11-7-5-8-12-35/h9-30H,1-8H3;5-30H,1-4H3. The monoisotopic (exact) mass is 1540 g/mol. The van der Waals surface area contributed by atoms with E-state index in [1.807, 2.05) is 0 Å². The van der Waals surface area contributed by atoms with Gasteiger partial charge in [0.2, 0.25) is 0 Å². The molecular weight excluding hydrogens is 1460 g/mol. The van der Waals surface area contributed by atoms with Crippen LogP contribution in [0.2, 0.25) is 0 Å². The van der Waals surface area contributed by atoms with E-state index in [2.05, 4.69) is 374 Å². The van der Waals surface area contributed by atoms with Gasteiger partial charge in [-0.05, 0) is 313 Å². The minimum atomic E-state index is 0.890. The van der Waals surface area contributed by atoms with Gasteiger partial charge in [0, 0.05) is 86.2 Å². The van der Waals surface area contributed by atoms with Crippen molar-refractivity contribution in [2.45, 2.75) is 83.1 Å². The fourth-order valence-electron chi connectivity index (χ4n) is 21.1. The van der Waals surface area contributed by atoms with Gasteiger partial charge in [-0.2, -0.15) is 0 Å². The van der Waals surface area contributed by atoms with E-state index in [9.17, 15) is 0 Å². The first-order valence-electron chi connectivity index (χ1n) is 41.9. The molecule has 0 aliphatic carbocycles. The maximum Gasteiger partial charge on any atom is 0.143 e. The molecule has 24 aromatic rings. The van der Waals surface area contributed by atoms with Crippen LogP contribution in [0.15, 0.2) is 309 Å². The average Bonchev–Trinajstić information content (AvgIpc) is 1.38. The summed E-state index contributed by atoms with van der Waals surface area (Å²) in [4.78, 5) is 0. The summed E-state index contributed by atoms with van der Waals surface area (Å²) in [5, 5.41) is 23.2. The highest BCUT2D eigenvalue weighted by Gasteiger charge is 2.30. The first-order valence-corrected chi connectivity index (χ1v) is 41.9. The van der Waals surface area contributed by atoms with Gasteiger partial charge in [0.05, 0.1) is 0 Å². The van der Waals surface area contributed by atoms with Gasteiger partial charge in [-0.1, -0.05) is 239 Å². The fourth-order valence-corrected chi connectivity index (χ4v) is 21.1. The molecule has 4 heteroatoms. The molecule has 0 amide bonds. The van der Waals surface area contributed by atoms with Crippen molar-refractivity contribution in [1.29, 1.82) is 0 Å². The third kappa shape index (κ3) is 11.1. The Morgan fingerprint density at radius 2 is 0.400 bits per heavy atom. The molecule has 0 unspecified atom stereocenters. The highest BCUT2D eigenvalue weighted by molar-refractivity contribution is 6.41. The molecule has 0 atom stereocenters. The fraction of sp³-hybridized carbons (Fsp3) is 0.103. The lowest BCUT2D eigenvalue weighted by Gasteiger charge is -2.22. The molecule has 4 aromatic heterocycles. The van der Waals surface area contributed by atoms with Crippen molar-refractivity contribution in [2.24, 2.45) is 0 Å². The minimum Gasteiger partial charge on any atom is -0.455 e. The van der Waals surface area contributed by atoms with Gasteiger partial charge >= 0.3 is 0 Å². The van der Waals surface area contributed by atoms with Gasteiger partial charge in [-0.15, -0.1) is 0 Å². The van der Waals surface area contributed by atoms with Gasteiger partial charge in [0.25, 0.3) is 0 Å². The van der Waals surface area contributed by atoms with Crippen molar-refractivity contribution in [2.75, 3.05) is 0 Å². The number of benzene rings is 20. The number of aryl methyl sites for hydroxylation is 12. The number of furan rings is 4. The molecule has 0 aliphatic rings. The summed E-state index contributed by atoms with van der Waals surface area (Å²) in [6.07, 6.45) is 0. The van der Waals surface area contributed by atoms with Gasteiger partial charge in [-0.3, -0.25) is 0 Å². The predicted octanol–water partition coefficient (Wildman–Crippen LogP) is 33.8. The molecule has 0 fully saturated rings. The highest BCUT2D eigenvalue weighted by Crippen LogP contribution is 2.56. The van der Waals surface area contributed by atoms with E-state index >= 15 is 0 Å². The molecule has 24 rings (SSSR count). The van der Waals surface area contributed by atoms with Crippen LogP contribution in [0.4, 0.5) is 0 Å². The molecule has 0 saturated heterocycles. The summed E-state index contributed by atoms with van der Waals surface area (Å²) >= 11 is 0. The molecule has 0 spiro atoms. The lowest BCUT2D eigenvalue weighted by molar-refractivity contribution is 0.672. The van der Waals surface area contributed by atoms with E-state index in [4.69, 9.17) is 17.7 Å². The number of hydrogen-bond acceptors (Lipinski definition) is 4. The third-order valence-corrected chi connectivity index (χ3v) is 25.9. The number of fused-ring (bicyclic) bond motifs is 16. The second kappa shape index (κ2) is 26.6. The SMILES string of the molecule is Cc1cc(C)cc(-c2cc3c4oc5cc(-c6ccccc6)ccc5c4cc4c(-c5cc(C)cc(C)c5)cc5c6oc7cc(-c8ccccc8)ccc7c6cc2c5c43)c1.Cc1cccc(-c2ccc3c(c2)oc2c3cc3c(-c4c(C)cc(C)cc4C)cc4c5oc6cc(-c7cccc(C)c7)ccc6c5cc5c(-c6c(C)cc(C)cc6C)cc2c3c54)c1. The van der Waals surface area contributed by atoms with Crippen molar-refractivity contribution in [3.63, 3.8) is 0 Å². The first-order chi connectivity index (χ1) is 58.3. The molecule has 120 heavy (non-hydrogen) atoms. The first kappa shape index (κ1) is 71.0. The molecule has 0 N–H and O–H groups in total. The lowest BCUT2D eigenvalue weighted by Crippen LogP contribution is -1.96. The molecule has 0 radical (unpaired) electrons. The molecule has 0 aliphatic heterocycles. The lowest BCUT2D eigenvalue weighted by atomic mass is 9.81. The van der Waals surface area contributed by atoms with E-state index in [0.29, 0.717) is 0 Å². The second-order valence-corrected chi connectivity index (χ2v) is 34.6. The Bertz CT molecular complexity index is 7940. The van der Waals surface area contributed by atoms with Crippen molar-refractivity contribution in [3.8, 4) is 89.0 Å². The van der Waals surface area contributed by atoms with Crippen molar-refractivity contribution in [3.05, 3.63) is 358 Å². The Balaban J connectivity index is 0.000000140. The molecule has 0 saturated carbocycles. The summed E-state index contributed by atoms with van der Waals surface area (Å²) in [6.45, 7) is 26.5. The largest absolute Gasteiger partial charge is 0.455 e. The topological polar surface area (TPSA) is 52.6 Å². The smallest absolute Gasteiger partial charge is 0.143 e. The van der Waals surface area contributed by atoms with Crippen molar-refractivity contribution >= 4 is 152 Å². The zero-order valence-electron chi connectivity index (χ0n) is 69.3. The molecule has 20 aromatic carbocycles. The van der Waals surface area contributed by atoms with Crippen LogP contribution >= 0.6 is 0 Å². The normalized spacial score (nSPS) is 12.2. The summed E-state index contributed by atoms with van der Waals surface area (Å²) in [5.74, 6) is 0. The second-order valence-electron chi connectivity index (χ2n) is 34.6. The Hall–Kier alpha value is -14.3. The Morgan fingerprint density at radius 1 is 0.150 bits per heavy atom.